The van der Waals surface area contributed by atoms with Crippen LogP contribution in [0.4, 0.5) is 10.7 Å². The molecule has 1 heterocycles. The van der Waals surface area contributed by atoms with E-state index in [9.17, 15) is 4.79 Å². The highest BCUT2D eigenvalue weighted by atomic mass is 32.1. The van der Waals surface area contributed by atoms with E-state index in [0.717, 1.165) is 21.7 Å². The van der Waals surface area contributed by atoms with E-state index < -0.39 is 0 Å². The number of benzene rings is 1. The third-order valence-electron chi connectivity index (χ3n) is 3.13. The average molecular weight is 334 g/mol. The van der Waals surface area contributed by atoms with Gasteiger partial charge in [0.1, 0.15) is 5.00 Å². The third kappa shape index (κ3) is 3.84. The Morgan fingerprint density at radius 1 is 1.18 bits per heavy atom. The Morgan fingerprint density at radius 2 is 1.91 bits per heavy atom. The van der Waals surface area contributed by atoms with Crippen molar-refractivity contribution in [2.75, 3.05) is 17.7 Å². The first kappa shape index (κ1) is 16.5. The molecule has 0 spiro atoms. The van der Waals surface area contributed by atoms with Crippen LogP contribution in [0.3, 0.4) is 0 Å². The van der Waals surface area contributed by atoms with E-state index in [1.807, 2.05) is 32.9 Å². The van der Waals surface area contributed by atoms with Gasteiger partial charge in [0.05, 0.1) is 12.7 Å². The minimum Gasteiger partial charge on any atom is -0.465 e. The number of esters is 1. The van der Waals surface area contributed by atoms with E-state index in [4.69, 9.17) is 17.0 Å². The monoisotopic (exact) mass is 334 g/mol. The van der Waals surface area contributed by atoms with Gasteiger partial charge < -0.3 is 15.4 Å². The number of carbonyl (C=O) groups is 1. The maximum absolute atomic E-state index is 11.8. The highest BCUT2D eigenvalue weighted by Crippen LogP contribution is 2.28. The molecular formula is C16H18N2O2S2. The van der Waals surface area contributed by atoms with Crippen molar-refractivity contribution < 1.29 is 9.53 Å². The van der Waals surface area contributed by atoms with Gasteiger partial charge in [-0.2, -0.15) is 0 Å². The molecular weight excluding hydrogens is 316 g/mol. The number of thiocarbonyl (C=S) groups is 1. The van der Waals surface area contributed by atoms with Crippen LogP contribution in [0.1, 0.15) is 26.4 Å². The fourth-order valence-electron chi connectivity index (χ4n) is 2.00. The first-order valence-corrected chi connectivity index (χ1v) is 7.97. The number of anilines is 2. The van der Waals surface area contributed by atoms with Crippen molar-refractivity contribution in [3.05, 3.63) is 45.8 Å². The summed E-state index contributed by atoms with van der Waals surface area (Å²) in [6.45, 7) is 5.97. The molecule has 22 heavy (non-hydrogen) atoms. The molecule has 116 valence electrons. The predicted molar refractivity (Wildman–Crippen MR) is 96.2 cm³/mol. The summed E-state index contributed by atoms with van der Waals surface area (Å²) in [4.78, 5) is 12.8. The van der Waals surface area contributed by atoms with Gasteiger partial charge in [-0.1, -0.05) is 12.1 Å². The molecule has 1 aromatic heterocycles. The molecule has 1 aromatic carbocycles. The lowest BCUT2D eigenvalue weighted by Crippen LogP contribution is -2.20. The van der Waals surface area contributed by atoms with Gasteiger partial charge in [0, 0.05) is 10.6 Å². The number of rotatable bonds is 3. The van der Waals surface area contributed by atoms with Gasteiger partial charge in [-0.25, -0.2) is 4.79 Å². The van der Waals surface area contributed by atoms with Gasteiger partial charge in [0.2, 0.25) is 0 Å². The van der Waals surface area contributed by atoms with E-state index >= 15 is 0 Å². The summed E-state index contributed by atoms with van der Waals surface area (Å²) in [6, 6.07) is 7.91. The molecule has 0 saturated heterocycles. The molecule has 0 aliphatic rings. The van der Waals surface area contributed by atoms with Crippen LogP contribution in [0.25, 0.3) is 0 Å². The van der Waals surface area contributed by atoms with Gasteiger partial charge in [0.15, 0.2) is 5.11 Å². The molecule has 2 N–H and O–H groups in total. The van der Waals surface area contributed by atoms with Crippen molar-refractivity contribution in [3.63, 3.8) is 0 Å². The molecule has 6 heteroatoms. The zero-order valence-corrected chi connectivity index (χ0v) is 14.6. The quantitative estimate of drug-likeness (QED) is 0.648. The Kier molecular flexibility index (Phi) is 5.15. The molecule has 0 radical (unpaired) electrons. The Hall–Kier alpha value is -1.92. The lowest BCUT2D eigenvalue weighted by atomic mass is 10.1. The molecule has 4 nitrogen and oxygen atoms in total. The SMILES string of the molecule is COC(=O)c1cc(C)sc1NC(=S)Nc1cc(C)ccc1C. The summed E-state index contributed by atoms with van der Waals surface area (Å²) in [5.41, 5.74) is 3.70. The van der Waals surface area contributed by atoms with Crippen molar-refractivity contribution >= 4 is 45.3 Å². The molecule has 0 aliphatic heterocycles. The van der Waals surface area contributed by atoms with E-state index in [0.29, 0.717) is 15.7 Å². The van der Waals surface area contributed by atoms with Gasteiger partial charge in [-0.05, 0) is 56.2 Å². The lowest BCUT2D eigenvalue weighted by molar-refractivity contribution is 0.0602. The first-order chi connectivity index (χ1) is 10.4. The zero-order valence-electron chi connectivity index (χ0n) is 12.9. The van der Waals surface area contributed by atoms with Crippen LogP contribution in [-0.2, 0) is 4.74 Å². The van der Waals surface area contributed by atoms with Gasteiger partial charge >= 0.3 is 5.97 Å². The highest BCUT2D eigenvalue weighted by Gasteiger charge is 2.16. The molecule has 2 aromatic rings. The number of aryl methyl sites for hydroxylation is 3. The minimum absolute atomic E-state index is 0.374. The Morgan fingerprint density at radius 3 is 2.59 bits per heavy atom. The first-order valence-electron chi connectivity index (χ1n) is 6.74. The Balaban J connectivity index is 2.16. The van der Waals surface area contributed by atoms with Crippen LogP contribution in [0.5, 0.6) is 0 Å². The summed E-state index contributed by atoms with van der Waals surface area (Å²) in [6.07, 6.45) is 0. The number of nitrogens with one attached hydrogen (secondary N) is 2. The van der Waals surface area contributed by atoms with Crippen molar-refractivity contribution in [1.82, 2.24) is 0 Å². The van der Waals surface area contributed by atoms with E-state index in [1.165, 1.54) is 18.4 Å². The second-order valence-electron chi connectivity index (χ2n) is 4.99. The van der Waals surface area contributed by atoms with Crippen molar-refractivity contribution in [2.24, 2.45) is 0 Å². The number of ether oxygens (including phenoxy) is 1. The van der Waals surface area contributed by atoms with Crippen LogP contribution in [0, 0.1) is 20.8 Å². The van der Waals surface area contributed by atoms with E-state index in [-0.39, 0.29) is 5.97 Å². The van der Waals surface area contributed by atoms with Crippen LogP contribution in [0.15, 0.2) is 24.3 Å². The molecule has 2 rings (SSSR count). The van der Waals surface area contributed by atoms with Crippen molar-refractivity contribution in [3.8, 4) is 0 Å². The summed E-state index contributed by atoms with van der Waals surface area (Å²) >= 11 is 6.81. The lowest BCUT2D eigenvalue weighted by Gasteiger charge is -2.13. The van der Waals surface area contributed by atoms with Crippen LogP contribution in [0.2, 0.25) is 0 Å². The van der Waals surface area contributed by atoms with Gasteiger partial charge in [0.25, 0.3) is 0 Å². The fraction of sp³-hybridized carbons (Fsp3) is 0.250. The number of hydrogen-bond donors (Lipinski definition) is 2. The molecule has 0 saturated carbocycles. The average Bonchev–Trinajstić information content (AvgIpc) is 2.82. The maximum Gasteiger partial charge on any atom is 0.340 e. The Bertz CT molecular complexity index is 723. The largest absolute Gasteiger partial charge is 0.465 e. The smallest absolute Gasteiger partial charge is 0.340 e. The summed E-state index contributed by atoms with van der Waals surface area (Å²) in [5, 5.41) is 7.38. The standard InChI is InChI=1S/C16H18N2O2S2/c1-9-5-6-10(2)13(7-9)17-16(21)18-14-12(15(19)20-4)8-11(3)22-14/h5-8H,1-4H3,(H2,17,18,21). The van der Waals surface area contributed by atoms with Gasteiger partial charge in [-0.3, -0.25) is 0 Å². The van der Waals surface area contributed by atoms with E-state index in [1.54, 1.807) is 6.07 Å². The summed E-state index contributed by atoms with van der Waals surface area (Å²) in [7, 11) is 1.37. The molecule has 0 unspecified atom stereocenters. The second kappa shape index (κ2) is 6.89. The fourth-order valence-corrected chi connectivity index (χ4v) is 3.18. The second-order valence-corrected chi connectivity index (χ2v) is 6.65. The van der Waals surface area contributed by atoms with Crippen LogP contribution in [-0.4, -0.2) is 18.2 Å². The summed E-state index contributed by atoms with van der Waals surface area (Å²) in [5.74, 6) is -0.374. The van der Waals surface area contributed by atoms with E-state index in [2.05, 4.69) is 16.7 Å². The third-order valence-corrected chi connectivity index (χ3v) is 4.30. The predicted octanol–water partition coefficient (Wildman–Crippen LogP) is 4.27. The van der Waals surface area contributed by atoms with Gasteiger partial charge in [-0.15, -0.1) is 11.3 Å². The highest BCUT2D eigenvalue weighted by molar-refractivity contribution is 7.80. The molecule has 0 atom stereocenters. The van der Waals surface area contributed by atoms with Crippen LogP contribution >= 0.6 is 23.6 Å². The number of hydrogen-bond acceptors (Lipinski definition) is 4. The molecule has 0 bridgehead atoms. The van der Waals surface area contributed by atoms with Crippen LogP contribution < -0.4 is 10.6 Å². The Labute approximate surface area is 139 Å². The van der Waals surface area contributed by atoms with Crippen molar-refractivity contribution in [1.29, 1.82) is 0 Å². The zero-order chi connectivity index (χ0) is 16.3. The maximum atomic E-state index is 11.8. The number of carbonyl (C=O) groups excluding carboxylic acids is 1. The minimum atomic E-state index is -0.374. The normalized spacial score (nSPS) is 10.2. The number of methoxy groups -OCH3 is 1. The number of thiophene rings is 1. The summed E-state index contributed by atoms with van der Waals surface area (Å²) < 4.78 is 4.79. The molecule has 0 fully saturated rings. The van der Waals surface area contributed by atoms with Crippen molar-refractivity contribution in [2.45, 2.75) is 20.8 Å². The molecule has 0 amide bonds. The topological polar surface area (TPSA) is 50.4 Å². The molecule has 0 aliphatic carbocycles.